The maximum Gasteiger partial charge on any atom is 0.151 e. The predicted molar refractivity (Wildman–Crippen MR) is 74.7 cm³/mol. The molecular formula is C12H20N2O2S2. The van der Waals surface area contributed by atoms with Crippen LogP contribution in [0, 0.1) is 6.92 Å². The quantitative estimate of drug-likeness (QED) is 0.921. The van der Waals surface area contributed by atoms with Gasteiger partial charge in [-0.05, 0) is 26.7 Å². The van der Waals surface area contributed by atoms with Crippen molar-refractivity contribution in [3.63, 3.8) is 0 Å². The summed E-state index contributed by atoms with van der Waals surface area (Å²) >= 11 is 1.66. The molecule has 1 aromatic rings. The zero-order chi connectivity index (χ0) is 13.3. The summed E-state index contributed by atoms with van der Waals surface area (Å²) in [5.74, 6) is 0. The highest BCUT2D eigenvalue weighted by Crippen LogP contribution is 2.28. The van der Waals surface area contributed by atoms with Crippen LogP contribution < -0.4 is 5.32 Å². The summed E-state index contributed by atoms with van der Waals surface area (Å²) in [5, 5.41) is 4.23. The number of thiazole rings is 1. The Kier molecular flexibility index (Phi) is 4.08. The molecule has 0 radical (unpaired) electrons. The highest BCUT2D eigenvalue weighted by molar-refractivity contribution is 7.91. The minimum Gasteiger partial charge on any atom is -0.304 e. The summed E-state index contributed by atoms with van der Waals surface area (Å²) in [6.07, 6.45) is 5.91. The summed E-state index contributed by atoms with van der Waals surface area (Å²) in [6, 6.07) is 0.190. The second-order valence-electron chi connectivity index (χ2n) is 5.10. The minimum absolute atomic E-state index is 0.0687. The van der Waals surface area contributed by atoms with Crippen molar-refractivity contribution in [2.75, 3.05) is 6.26 Å². The molecule has 3 unspecified atom stereocenters. The Balaban J connectivity index is 2.05. The lowest BCUT2D eigenvalue weighted by atomic mass is 10.2. The summed E-state index contributed by atoms with van der Waals surface area (Å²) in [6.45, 7) is 4.08. The number of sulfone groups is 1. The van der Waals surface area contributed by atoms with E-state index < -0.39 is 9.84 Å². The van der Waals surface area contributed by atoms with Crippen LogP contribution in [0.1, 0.15) is 42.1 Å². The van der Waals surface area contributed by atoms with Gasteiger partial charge in [-0.3, -0.25) is 0 Å². The van der Waals surface area contributed by atoms with E-state index in [-0.39, 0.29) is 17.3 Å². The average molecular weight is 288 g/mol. The molecule has 102 valence electrons. The second-order valence-corrected chi connectivity index (χ2v) is 8.63. The Bertz CT molecular complexity index is 510. The van der Waals surface area contributed by atoms with Gasteiger partial charge in [-0.2, -0.15) is 0 Å². The van der Waals surface area contributed by atoms with E-state index in [0.29, 0.717) is 0 Å². The SMILES string of the molecule is Cc1cnc(C(C)NC2CCCC2S(C)(=O)=O)s1. The van der Waals surface area contributed by atoms with Crippen molar-refractivity contribution < 1.29 is 8.42 Å². The van der Waals surface area contributed by atoms with Gasteiger partial charge in [0.2, 0.25) is 0 Å². The van der Waals surface area contributed by atoms with Crippen LogP contribution >= 0.6 is 11.3 Å². The first-order chi connectivity index (χ1) is 8.38. The smallest absolute Gasteiger partial charge is 0.151 e. The third-order valence-electron chi connectivity index (χ3n) is 3.48. The van der Waals surface area contributed by atoms with E-state index in [1.54, 1.807) is 11.3 Å². The normalized spacial score (nSPS) is 26.4. The number of rotatable bonds is 4. The number of nitrogens with one attached hydrogen (secondary N) is 1. The molecule has 3 atom stereocenters. The molecule has 1 aliphatic rings. The molecule has 1 aliphatic carbocycles. The van der Waals surface area contributed by atoms with Crippen molar-refractivity contribution in [3.05, 3.63) is 16.1 Å². The van der Waals surface area contributed by atoms with Gasteiger partial charge in [0.05, 0.1) is 11.3 Å². The van der Waals surface area contributed by atoms with Crippen molar-refractivity contribution in [2.45, 2.75) is 50.4 Å². The van der Waals surface area contributed by atoms with E-state index in [1.807, 2.05) is 13.1 Å². The van der Waals surface area contributed by atoms with Crippen molar-refractivity contribution in [2.24, 2.45) is 0 Å². The molecule has 2 rings (SSSR count). The van der Waals surface area contributed by atoms with Gasteiger partial charge in [-0.25, -0.2) is 13.4 Å². The summed E-state index contributed by atoms with van der Waals surface area (Å²) in [5.41, 5.74) is 0. The third kappa shape index (κ3) is 3.10. The average Bonchev–Trinajstić information content (AvgIpc) is 2.85. The van der Waals surface area contributed by atoms with Gasteiger partial charge in [-0.1, -0.05) is 6.42 Å². The molecule has 1 N–H and O–H groups in total. The van der Waals surface area contributed by atoms with Crippen LogP contribution in [0.5, 0.6) is 0 Å². The fraction of sp³-hybridized carbons (Fsp3) is 0.750. The molecule has 0 amide bonds. The van der Waals surface area contributed by atoms with Crippen molar-refractivity contribution in [3.8, 4) is 0 Å². The first-order valence-corrected chi connectivity index (χ1v) is 9.02. The zero-order valence-corrected chi connectivity index (χ0v) is 12.6. The number of hydrogen-bond acceptors (Lipinski definition) is 5. The molecule has 18 heavy (non-hydrogen) atoms. The largest absolute Gasteiger partial charge is 0.304 e. The van der Waals surface area contributed by atoms with Gasteiger partial charge < -0.3 is 5.32 Å². The fourth-order valence-corrected chi connectivity index (χ4v) is 4.79. The molecule has 0 aliphatic heterocycles. The van der Waals surface area contributed by atoms with Gasteiger partial charge >= 0.3 is 0 Å². The maximum atomic E-state index is 11.7. The first-order valence-electron chi connectivity index (χ1n) is 6.25. The molecule has 6 heteroatoms. The standard InChI is InChI=1S/C12H20N2O2S2/c1-8-7-13-12(17-8)9(2)14-10-5-4-6-11(10)18(3,15)16/h7,9-11,14H,4-6H2,1-3H3. The van der Waals surface area contributed by atoms with Crippen LogP contribution in [0.2, 0.25) is 0 Å². The van der Waals surface area contributed by atoms with Crippen molar-refractivity contribution in [1.29, 1.82) is 0 Å². The lowest BCUT2D eigenvalue weighted by Gasteiger charge is -2.22. The lowest BCUT2D eigenvalue weighted by molar-refractivity contribution is 0.455. The molecule has 0 aromatic carbocycles. The minimum atomic E-state index is -2.95. The molecule has 1 heterocycles. The van der Waals surface area contributed by atoms with Gasteiger partial charge in [-0.15, -0.1) is 11.3 Å². The highest BCUT2D eigenvalue weighted by Gasteiger charge is 2.35. The lowest BCUT2D eigenvalue weighted by Crippen LogP contribution is -2.41. The number of aryl methyl sites for hydroxylation is 1. The Morgan fingerprint density at radius 3 is 2.78 bits per heavy atom. The number of aromatic nitrogens is 1. The van der Waals surface area contributed by atoms with Crippen LogP contribution in [0.3, 0.4) is 0 Å². The van der Waals surface area contributed by atoms with E-state index in [0.717, 1.165) is 24.3 Å². The Morgan fingerprint density at radius 2 is 2.22 bits per heavy atom. The monoisotopic (exact) mass is 288 g/mol. The van der Waals surface area contributed by atoms with Crippen LogP contribution in [0.25, 0.3) is 0 Å². The van der Waals surface area contributed by atoms with Crippen LogP contribution in [0.15, 0.2) is 6.20 Å². The Hall–Kier alpha value is -0.460. The molecular weight excluding hydrogens is 268 g/mol. The number of hydrogen-bond donors (Lipinski definition) is 1. The van der Waals surface area contributed by atoms with E-state index in [4.69, 9.17) is 0 Å². The Morgan fingerprint density at radius 1 is 1.50 bits per heavy atom. The van der Waals surface area contributed by atoms with E-state index in [2.05, 4.69) is 17.2 Å². The highest BCUT2D eigenvalue weighted by atomic mass is 32.2. The molecule has 1 aromatic heterocycles. The van der Waals surface area contributed by atoms with Crippen LogP contribution in [-0.2, 0) is 9.84 Å². The third-order valence-corrected chi connectivity index (χ3v) is 6.24. The van der Waals surface area contributed by atoms with Gasteiger partial charge in [0.15, 0.2) is 9.84 Å². The first kappa shape index (κ1) is 14.0. The summed E-state index contributed by atoms with van der Waals surface area (Å²) < 4.78 is 23.4. The van der Waals surface area contributed by atoms with Gasteiger partial charge in [0.25, 0.3) is 0 Å². The molecule has 4 nitrogen and oxygen atoms in total. The maximum absolute atomic E-state index is 11.7. The molecule has 0 saturated heterocycles. The summed E-state index contributed by atoms with van der Waals surface area (Å²) in [4.78, 5) is 5.54. The van der Waals surface area contributed by atoms with Gasteiger partial charge in [0, 0.05) is 23.4 Å². The molecule has 1 fully saturated rings. The summed E-state index contributed by atoms with van der Waals surface area (Å²) in [7, 11) is -2.95. The topological polar surface area (TPSA) is 59.1 Å². The van der Waals surface area contributed by atoms with E-state index in [9.17, 15) is 8.42 Å². The van der Waals surface area contributed by atoms with Gasteiger partial charge in [0.1, 0.15) is 5.01 Å². The second kappa shape index (κ2) is 5.27. The van der Waals surface area contributed by atoms with Crippen LogP contribution in [0.4, 0.5) is 0 Å². The van der Waals surface area contributed by atoms with Crippen molar-refractivity contribution >= 4 is 21.2 Å². The van der Waals surface area contributed by atoms with E-state index >= 15 is 0 Å². The predicted octanol–water partition coefficient (Wildman–Crippen LogP) is 2.07. The zero-order valence-electron chi connectivity index (χ0n) is 11.0. The van der Waals surface area contributed by atoms with Crippen LogP contribution in [-0.4, -0.2) is 30.9 Å². The number of nitrogens with zero attached hydrogens (tertiary/aromatic N) is 1. The molecule has 0 spiro atoms. The van der Waals surface area contributed by atoms with Crippen molar-refractivity contribution in [1.82, 2.24) is 10.3 Å². The van der Waals surface area contributed by atoms with E-state index in [1.165, 1.54) is 11.1 Å². The fourth-order valence-electron chi connectivity index (χ4n) is 2.59. The Labute approximate surface area is 113 Å². The molecule has 0 bridgehead atoms. The molecule has 1 saturated carbocycles.